The van der Waals surface area contributed by atoms with Crippen molar-refractivity contribution in [1.82, 2.24) is 0 Å². The Morgan fingerprint density at radius 2 is 1.82 bits per heavy atom. The number of halogens is 2. The first-order valence-electron chi connectivity index (χ1n) is 6.31. The third kappa shape index (κ3) is 3.99. The van der Waals surface area contributed by atoms with Crippen molar-refractivity contribution in [1.29, 1.82) is 0 Å². The van der Waals surface area contributed by atoms with E-state index in [1.807, 2.05) is 20.8 Å². The fraction of sp³-hybridized carbons (Fsp3) is 0.571. The molecule has 1 aromatic carbocycles. The molecular formula is C14H20F2O. The molecule has 0 amide bonds. The van der Waals surface area contributed by atoms with E-state index in [1.165, 1.54) is 6.07 Å². The highest BCUT2D eigenvalue weighted by molar-refractivity contribution is 5.31. The summed E-state index contributed by atoms with van der Waals surface area (Å²) >= 11 is 0. The average Bonchev–Trinajstić information content (AvgIpc) is 3.15. The number of hydrogen-bond donors (Lipinski definition) is 0. The van der Waals surface area contributed by atoms with Gasteiger partial charge < -0.3 is 4.74 Å². The SMILES string of the molecule is CC.CCc1cc(OCC2CC2)c(F)cc1F. The van der Waals surface area contributed by atoms with E-state index in [4.69, 9.17) is 4.74 Å². The molecule has 0 aliphatic heterocycles. The molecule has 0 aromatic heterocycles. The van der Waals surface area contributed by atoms with Crippen LogP contribution in [-0.2, 0) is 6.42 Å². The van der Waals surface area contributed by atoms with Gasteiger partial charge in [-0.05, 0) is 36.8 Å². The van der Waals surface area contributed by atoms with Gasteiger partial charge >= 0.3 is 0 Å². The highest BCUT2D eigenvalue weighted by atomic mass is 19.1. The predicted molar refractivity (Wildman–Crippen MR) is 65.3 cm³/mol. The molecule has 0 unspecified atom stereocenters. The van der Waals surface area contributed by atoms with Crippen LogP contribution in [0.1, 0.15) is 39.2 Å². The van der Waals surface area contributed by atoms with Crippen molar-refractivity contribution >= 4 is 0 Å². The first kappa shape index (κ1) is 13.9. The fourth-order valence-electron chi connectivity index (χ4n) is 1.44. The molecule has 1 aliphatic rings. The van der Waals surface area contributed by atoms with E-state index in [0.717, 1.165) is 18.9 Å². The van der Waals surface area contributed by atoms with Gasteiger partial charge in [0.1, 0.15) is 5.82 Å². The summed E-state index contributed by atoms with van der Waals surface area (Å²) in [5.41, 5.74) is 0.502. The lowest BCUT2D eigenvalue weighted by Gasteiger charge is -2.08. The maximum Gasteiger partial charge on any atom is 0.167 e. The summed E-state index contributed by atoms with van der Waals surface area (Å²) in [4.78, 5) is 0. The van der Waals surface area contributed by atoms with E-state index in [0.29, 0.717) is 24.5 Å². The molecule has 0 atom stereocenters. The smallest absolute Gasteiger partial charge is 0.167 e. The largest absolute Gasteiger partial charge is 0.490 e. The molecule has 2 rings (SSSR count). The summed E-state index contributed by atoms with van der Waals surface area (Å²) in [5, 5.41) is 0. The lowest BCUT2D eigenvalue weighted by molar-refractivity contribution is 0.284. The van der Waals surface area contributed by atoms with Crippen LogP contribution in [0.15, 0.2) is 12.1 Å². The number of ether oxygens (including phenoxy) is 1. The molecule has 0 heterocycles. The Kier molecular flexibility index (Phi) is 5.39. The maximum atomic E-state index is 13.3. The van der Waals surface area contributed by atoms with Gasteiger partial charge in [-0.3, -0.25) is 0 Å². The second kappa shape index (κ2) is 6.58. The second-order valence-electron chi connectivity index (χ2n) is 3.98. The van der Waals surface area contributed by atoms with Crippen LogP contribution >= 0.6 is 0 Å². The fourth-order valence-corrected chi connectivity index (χ4v) is 1.44. The lowest BCUT2D eigenvalue weighted by Crippen LogP contribution is -2.02. The summed E-state index contributed by atoms with van der Waals surface area (Å²) in [6.07, 6.45) is 2.86. The van der Waals surface area contributed by atoms with E-state index < -0.39 is 11.6 Å². The van der Waals surface area contributed by atoms with Crippen molar-refractivity contribution in [2.45, 2.75) is 40.0 Å². The molecule has 17 heavy (non-hydrogen) atoms. The Labute approximate surface area is 102 Å². The zero-order valence-corrected chi connectivity index (χ0v) is 10.7. The molecule has 1 aromatic rings. The van der Waals surface area contributed by atoms with Crippen LogP contribution in [-0.4, -0.2) is 6.61 Å². The number of benzene rings is 1. The minimum absolute atomic E-state index is 0.181. The van der Waals surface area contributed by atoms with Crippen LogP contribution in [0.4, 0.5) is 8.78 Å². The van der Waals surface area contributed by atoms with E-state index in [1.54, 1.807) is 0 Å². The van der Waals surface area contributed by atoms with Crippen molar-refractivity contribution in [3.05, 3.63) is 29.3 Å². The third-order valence-electron chi connectivity index (χ3n) is 2.65. The molecule has 3 heteroatoms. The van der Waals surface area contributed by atoms with E-state index in [2.05, 4.69) is 0 Å². The van der Waals surface area contributed by atoms with Crippen molar-refractivity contribution in [2.24, 2.45) is 5.92 Å². The Morgan fingerprint density at radius 1 is 1.18 bits per heavy atom. The highest BCUT2D eigenvalue weighted by Gasteiger charge is 2.22. The standard InChI is InChI=1S/C12H14F2O.C2H6/c1-2-9-5-12(11(14)6-10(9)13)15-7-8-3-4-8;1-2/h5-6,8H,2-4,7H2,1H3;1-2H3. The minimum Gasteiger partial charge on any atom is -0.490 e. The topological polar surface area (TPSA) is 9.23 Å². The number of aryl methyl sites for hydroxylation is 1. The maximum absolute atomic E-state index is 13.3. The van der Waals surface area contributed by atoms with Crippen LogP contribution in [0.25, 0.3) is 0 Å². The van der Waals surface area contributed by atoms with Gasteiger partial charge in [0, 0.05) is 6.07 Å². The summed E-state index contributed by atoms with van der Waals surface area (Å²) in [7, 11) is 0. The molecule has 1 saturated carbocycles. The van der Waals surface area contributed by atoms with Crippen LogP contribution < -0.4 is 4.74 Å². The molecule has 1 fully saturated rings. The van der Waals surface area contributed by atoms with Crippen molar-refractivity contribution < 1.29 is 13.5 Å². The molecule has 0 N–H and O–H groups in total. The van der Waals surface area contributed by atoms with Gasteiger partial charge in [-0.15, -0.1) is 0 Å². The van der Waals surface area contributed by atoms with Crippen molar-refractivity contribution in [3.8, 4) is 5.75 Å². The van der Waals surface area contributed by atoms with Gasteiger partial charge in [0.25, 0.3) is 0 Å². The third-order valence-corrected chi connectivity index (χ3v) is 2.65. The first-order valence-corrected chi connectivity index (χ1v) is 6.31. The van der Waals surface area contributed by atoms with Gasteiger partial charge in [0.05, 0.1) is 6.61 Å². The van der Waals surface area contributed by atoms with Crippen molar-refractivity contribution in [3.63, 3.8) is 0 Å². The van der Waals surface area contributed by atoms with Crippen LogP contribution in [0, 0.1) is 17.6 Å². The molecule has 0 bridgehead atoms. The normalized spacial score (nSPS) is 13.9. The zero-order valence-electron chi connectivity index (χ0n) is 10.7. The predicted octanol–water partition coefficient (Wildman–Crippen LogP) is 4.34. The summed E-state index contributed by atoms with van der Waals surface area (Å²) in [6, 6.07) is 2.37. The summed E-state index contributed by atoms with van der Waals surface area (Å²) < 4.78 is 31.7. The van der Waals surface area contributed by atoms with Gasteiger partial charge in [-0.25, -0.2) is 8.78 Å². The van der Waals surface area contributed by atoms with E-state index >= 15 is 0 Å². The first-order chi connectivity index (χ1) is 8.20. The Hall–Kier alpha value is -1.12. The Morgan fingerprint density at radius 3 is 2.35 bits per heavy atom. The lowest BCUT2D eigenvalue weighted by atomic mass is 10.1. The molecule has 1 nitrogen and oxygen atoms in total. The van der Waals surface area contributed by atoms with E-state index in [-0.39, 0.29) is 5.75 Å². The van der Waals surface area contributed by atoms with Gasteiger partial charge in [-0.2, -0.15) is 0 Å². The molecular weight excluding hydrogens is 222 g/mol. The monoisotopic (exact) mass is 242 g/mol. The van der Waals surface area contributed by atoms with Gasteiger partial charge in [0.2, 0.25) is 0 Å². The molecule has 0 spiro atoms. The Balaban J connectivity index is 0.000000686. The number of hydrogen-bond acceptors (Lipinski definition) is 1. The molecule has 0 radical (unpaired) electrons. The van der Waals surface area contributed by atoms with Gasteiger partial charge in [0.15, 0.2) is 11.6 Å². The minimum atomic E-state index is -0.606. The number of rotatable bonds is 4. The van der Waals surface area contributed by atoms with Crippen molar-refractivity contribution in [2.75, 3.05) is 6.61 Å². The average molecular weight is 242 g/mol. The quantitative estimate of drug-likeness (QED) is 0.763. The zero-order chi connectivity index (χ0) is 12.8. The Bertz CT molecular complexity index is 359. The molecule has 0 saturated heterocycles. The molecule has 1 aliphatic carbocycles. The molecule has 96 valence electrons. The summed E-state index contributed by atoms with van der Waals surface area (Å²) in [5.74, 6) is -0.348. The van der Waals surface area contributed by atoms with Crippen LogP contribution in [0.2, 0.25) is 0 Å². The van der Waals surface area contributed by atoms with E-state index in [9.17, 15) is 8.78 Å². The summed E-state index contributed by atoms with van der Waals surface area (Å²) in [6.45, 7) is 6.38. The van der Waals surface area contributed by atoms with Crippen LogP contribution in [0.5, 0.6) is 5.75 Å². The second-order valence-corrected chi connectivity index (χ2v) is 3.98. The van der Waals surface area contributed by atoms with Gasteiger partial charge in [-0.1, -0.05) is 20.8 Å². The van der Waals surface area contributed by atoms with Crippen LogP contribution in [0.3, 0.4) is 0 Å². The highest BCUT2D eigenvalue weighted by Crippen LogP contribution is 2.30.